The molecule has 1 fully saturated rings. The number of carbonyl (C=O) groups is 1. The first kappa shape index (κ1) is 15.6. The molecule has 0 spiro atoms. The number of amides is 1. The molecule has 1 heterocycles. The van der Waals surface area contributed by atoms with Gasteiger partial charge in [0.15, 0.2) is 6.10 Å². The van der Waals surface area contributed by atoms with Crippen LogP contribution >= 0.6 is 0 Å². The predicted octanol–water partition coefficient (Wildman–Crippen LogP) is 2.29. The lowest BCUT2D eigenvalue weighted by molar-refractivity contribution is -0.164. The van der Waals surface area contributed by atoms with Crippen LogP contribution in [0.5, 0.6) is 0 Å². The molecule has 1 amide bonds. The van der Waals surface area contributed by atoms with Crippen LogP contribution in [0.2, 0.25) is 0 Å². The minimum Gasteiger partial charge on any atom is -0.385 e. The first-order chi connectivity index (χ1) is 11.1. The number of morpholine rings is 1. The van der Waals surface area contributed by atoms with Gasteiger partial charge in [-0.05, 0) is 23.3 Å². The molecule has 120 valence electrons. The van der Waals surface area contributed by atoms with Crippen molar-refractivity contribution in [1.29, 1.82) is 0 Å². The van der Waals surface area contributed by atoms with Gasteiger partial charge in [-0.2, -0.15) is 0 Å². The summed E-state index contributed by atoms with van der Waals surface area (Å²) >= 11 is 0. The number of hydrogen-bond donors (Lipinski definition) is 1. The number of rotatable bonds is 4. The largest absolute Gasteiger partial charge is 0.385 e. The van der Waals surface area contributed by atoms with Gasteiger partial charge in [-0.3, -0.25) is 4.79 Å². The van der Waals surface area contributed by atoms with E-state index in [0.717, 1.165) is 5.56 Å². The third-order valence-electron chi connectivity index (χ3n) is 3.91. The van der Waals surface area contributed by atoms with Crippen molar-refractivity contribution in [3.63, 3.8) is 0 Å². The van der Waals surface area contributed by atoms with Gasteiger partial charge in [-0.1, -0.05) is 42.5 Å². The van der Waals surface area contributed by atoms with Crippen LogP contribution in [0.25, 0.3) is 0 Å². The summed E-state index contributed by atoms with van der Waals surface area (Å²) in [5, 5.41) is 10.4. The molecule has 0 radical (unpaired) electrons. The summed E-state index contributed by atoms with van der Waals surface area (Å²) in [7, 11) is 0. The van der Waals surface area contributed by atoms with Crippen LogP contribution in [-0.4, -0.2) is 35.2 Å². The Kier molecular flexibility index (Phi) is 4.69. The van der Waals surface area contributed by atoms with Crippen molar-refractivity contribution in [2.45, 2.75) is 18.8 Å². The maximum Gasteiger partial charge on any atom is 0.255 e. The average molecular weight is 315 g/mol. The second-order valence-corrected chi connectivity index (χ2v) is 5.54. The van der Waals surface area contributed by atoms with E-state index in [2.05, 4.69) is 0 Å². The van der Waals surface area contributed by atoms with E-state index in [1.54, 1.807) is 11.0 Å². The van der Waals surface area contributed by atoms with Gasteiger partial charge >= 0.3 is 0 Å². The normalized spacial score (nSPS) is 19.7. The van der Waals surface area contributed by atoms with Gasteiger partial charge in [0.05, 0.1) is 6.61 Å². The number of benzene rings is 2. The van der Waals surface area contributed by atoms with E-state index in [0.29, 0.717) is 25.3 Å². The Morgan fingerprint density at radius 1 is 1.22 bits per heavy atom. The summed E-state index contributed by atoms with van der Waals surface area (Å²) in [6, 6.07) is 15.2. The summed E-state index contributed by atoms with van der Waals surface area (Å²) < 4.78 is 18.8. The monoisotopic (exact) mass is 315 g/mol. The zero-order valence-electron chi connectivity index (χ0n) is 12.6. The molecule has 3 rings (SSSR count). The number of carbonyl (C=O) groups excluding carboxylic acids is 1. The Hall–Kier alpha value is -2.24. The second kappa shape index (κ2) is 6.89. The summed E-state index contributed by atoms with van der Waals surface area (Å²) in [6.07, 6.45) is -2.19. The van der Waals surface area contributed by atoms with Crippen LogP contribution in [0.3, 0.4) is 0 Å². The average Bonchev–Trinajstić information content (AvgIpc) is 2.57. The second-order valence-electron chi connectivity index (χ2n) is 5.54. The van der Waals surface area contributed by atoms with Crippen molar-refractivity contribution in [2.24, 2.45) is 0 Å². The molecular formula is C18H18FNO3. The van der Waals surface area contributed by atoms with Crippen molar-refractivity contribution < 1.29 is 19.0 Å². The van der Waals surface area contributed by atoms with Gasteiger partial charge < -0.3 is 14.7 Å². The van der Waals surface area contributed by atoms with Crippen LogP contribution in [0.4, 0.5) is 4.39 Å². The standard InChI is InChI=1S/C18H18FNO3/c19-15-8-4-7-14(11-15)16(21)17-18(22)20(9-10-23-17)12-13-5-2-1-3-6-13/h1-8,11,16-17,21H,9-10,12H2/t16?,17-/m1/s1. The molecule has 2 aromatic carbocycles. The molecule has 1 aliphatic heterocycles. The fourth-order valence-electron chi connectivity index (χ4n) is 2.70. The summed E-state index contributed by atoms with van der Waals surface area (Å²) in [6.45, 7) is 1.28. The van der Waals surface area contributed by atoms with E-state index < -0.39 is 18.0 Å². The Bertz CT molecular complexity index is 677. The molecule has 1 aliphatic rings. The minimum atomic E-state index is -1.18. The van der Waals surface area contributed by atoms with E-state index in [4.69, 9.17) is 4.74 Å². The van der Waals surface area contributed by atoms with Crippen LogP contribution < -0.4 is 0 Å². The van der Waals surface area contributed by atoms with Gasteiger partial charge in [0.2, 0.25) is 0 Å². The summed E-state index contributed by atoms with van der Waals surface area (Å²) in [4.78, 5) is 14.2. The van der Waals surface area contributed by atoms with E-state index in [1.165, 1.54) is 18.2 Å². The Labute approximate surface area is 134 Å². The number of aliphatic hydroxyl groups excluding tert-OH is 1. The highest BCUT2D eigenvalue weighted by Crippen LogP contribution is 2.24. The lowest BCUT2D eigenvalue weighted by Crippen LogP contribution is -2.49. The predicted molar refractivity (Wildman–Crippen MR) is 83.0 cm³/mol. The van der Waals surface area contributed by atoms with Gasteiger partial charge in [0.1, 0.15) is 11.9 Å². The van der Waals surface area contributed by atoms with Gasteiger partial charge in [0.25, 0.3) is 5.91 Å². The first-order valence-corrected chi connectivity index (χ1v) is 7.53. The van der Waals surface area contributed by atoms with Crippen molar-refractivity contribution in [1.82, 2.24) is 4.90 Å². The lowest BCUT2D eigenvalue weighted by Gasteiger charge is -2.34. The molecule has 5 heteroatoms. The highest BCUT2D eigenvalue weighted by Gasteiger charge is 2.35. The molecule has 0 bridgehead atoms. The van der Waals surface area contributed by atoms with Crippen molar-refractivity contribution in [3.8, 4) is 0 Å². The maximum absolute atomic E-state index is 13.3. The smallest absolute Gasteiger partial charge is 0.255 e. The maximum atomic E-state index is 13.3. The van der Waals surface area contributed by atoms with E-state index in [9.17, 15) is 14.3 Å². The van der Waals surface area contributed by atoms with Crippen molar-refractivity contribution in [2.75, 3.05) is 13.2 Å². The summed E-state index contributed by atoms with van der Waals surface area (Å²) in [5.74, 6) is -0.734. The van der Waals surface area contributed by atoms with Gasteiger partial charge in [0, 0.05) is 13.1 Å². The summed E-state index contributed by atoms with van der Waals surface area (Å²) in [5.41, 5.74) is 1.35. The van der Waals surface area contributed by atoms with E-state index >= 15 is 0 Å². The van der Waals surface area contributed by atoms with Crippen LogP contribution in [0, 0.1) is 5.82 Å². The zero-order valence-corrected chi connectivity index (χ0v) is 12.6. The number of hydrogen-bond acceptors (Lipinski definition) is 3. The fraction of sp³-hybridized carbons (Fsp3) is 0.278. The zero-order chi connectivity index (χ0) is 16.2. The molecular weight excluding hydrogens is 297 g/mol. The molecule has 2 aromatic rings. The number of aliphatic hydroxyl groups is 1. The number of nitrogens with zero attached hydrogens (tertiary/aromatic N) is 1. The third-order valence-corrected chi connectivity index (χ3v) is 3.91. The molecule has 1 saturated heterocycles. The molecule has 4 nitrogen and oxygen atoms in total. The topological polar surface area (TPSA) is 49.8 Å². The molecule has 0 aliphatic carbocycles. The first-order valence-electron chi connectivity index (χ1n) is 7.53. The molecule has 0 saturated carbocycles. The quantitative estimate of drug-likeness (QED) is 0.942. The molecule has 1 N–H and O–H groups in total. The molecule has 23 heavy (non-hydrogen) atoms. The number of ether oxygens (including phenoxy) is 1. The molecule has 1 unspecified atom stereocenters. The Morgan fingerprint density at radius 2 is 2.00 bits per heavy atom. The molecule has 0 aromatic heterocycles. The van der Waals surface area contributed by atoms with Crippen molar-refractivity contribution in [3.05, 3.63) is 71.5 Å². The highest BCUT2D eigenvalue weighted by atomic mass is 19.1. The Balaban J connectivity index is 1.74. The van der Waals surface area contributed by atoms with Gasteiger partial charge in [-0.25, -0.2) is 4.39 Å². The lowest BCUT2D eigenvalue weighted by atomic mass is 10.0. The third kappa shape index (κ3) is 3.57. The highest BCUT2D eigenvalue weighted by molar-refractivity contribution is 5.82. The minimum absolute atomic E-state index is 0.281. The van der Waals surface area contributed by atoms with E-state index in [1.807, 2.05) is 30.3 Å². The number of halogens is 1. The molecule has 2 atom stereocenters. The van der Waals surface area contributed by atoms with Gasteiger partial charge in [-0.15, -0.1) is 0 Å². The Morgan fingerprint density at radius 3 is 2.74 bits per heavy atom. The van der Waals surface area contributed by atoms with E-state index in [-0.39, 0.29) is 5.91 Å². The van der Waals surface area contributed by atoms with Crippen molar-refractivity contribution >= 4 is 5.91 Å². The van der Waals surface area contributed by atoms with Crippen LogP contribution in [-0.2, 0) is 16.1 Å². The van der Waals surface area contributed by atoms with Crippen LogP contribution in [0.15, 0.2) is 54.6 Å². The SMILES string of the molecule is O=C1[C@@H](C(O)c2cccc(F)c2)OCCN1Cc1ccccc1. The fourth-order valence-corrected chi connectivity index (χ4v) is 2.70. The van der Waals surface area contributed by atoms with Crippen LogP contribution in [0.1, 0.15) is 17.2 Å².